The van der Waals surface area contributed by atoms with Crippen molar-refractivity contribution in [2.24, 2.45) is 0 Å². The van der Waals surface area contributed by atoms with Crippen molar-refractivity contribution in [3.8, 4) is 11.1 Å². The molecule has 0 saturated carbocycles. The number of pyridine rings is 1. The maximum Gasteiger partial charge on any atom is 0.239 e. The Hall–Kier alpha value is -3.03. The standard InChI is InChI=1S/C21H21ClN6O/c22-15-8-6-14(7-9-15)16-12-25-21(23)27-20(16)17-4-3-11-28(17)13-19(29)26-18-5-1-2-10-24-18/h1-2,5-10,12,17H,3-4,11,13H2,(H2,23,25,27)(H,24,26,29)/t17-/m0/s1. The van der Waals surface area contributed by atoms with Crippen LogP contribution in [-0.4, -0.2) is 38.8 Å². The normalized spacial score (nSPS) is 16.7. The number of carbonyl (C=O) groups excluding carboxylic acids is 1. The number of carbonyl (C=O) groups is 1. The van der Waals surface area contributed by atoms with Gasteiger partial charge in [-0.2, -0.15) is 0 Å². The van der Waals surface area contributed by atoms with Crippen molar-refractivity contribution < 1.29 is 4.79 Å². The highest BCUT2D eigenvalue weighted by Crippen LogP contribution is 2.36. The second kappa shape index (κ2) is 8.55. The van der Waals surface area contributed by atoms with Gasteiger partial charge >= 0.3 is 0 Å². The predicted octanol–water partition coefficient (Wildman–Crippen LogP) is 3.55. The van der Waals surface area contributed by atoms with Crippen LogP contribution >= 0.6 is 11.6 Å². The summed E-state index contributed by atoms with van der Waals surface area (Å²) in [5.74, 6) is 0.662. The quantitative estimate of drug-likeness (QED) is 0.670. The van der Waals surface area contributed by atoms with Crippen molar-refractivity contribution in [2.75, 3.05) is 24.1 Å². The molecule has 1 saturated heterocycles. The van der Waals surface area contributed by atoms with E-state index in [1.807, 2.05) is 36.4 Å². The summed E-state index contributed by atoms with van der Waals surface area (Å²) in [5, 5.41) is 3.51. The van der Waals surface area contributed by atoms with E-state index < -0.39 is 0 Å². The summed E-state index contributed by atoms with van der Waals surface area (Å²) in [6, 6.07) is 13.0. The lowest BCUT2D eigenvalue weighted by molar-refractivity contribution is -0.117. The highest BCUT2D eigenvalue weighted by atomic mass is 35.5. The number of hydrogen-bond acceptors (Lipinski definition) is 6. The Labute approximate surface area is 174 Å². The van der Waals surface area contributed by atoms with Crippen molar-refractivity contribution >= 4 is 29.3 Å². The van der Waals surface area contributed by atoms with Gasteiger partial charge in [-0.25, -0.2) is 15.0 Å². The van der Waals surface area contributed by atoms with Crippen LogP contribution in [0.4, 0.5) is 11.8 Å². The first kappa shape index (κ1) is 19.3. The van der Waals surface area contributed by atoms with Gasteiger partial charge in [-0.15, -0.1) is 0 Å². The zero-order valence-electron chi connectivity index (χ0n) is 15.8. The summed E-state index contributed by atoms with van der Waals surface area (Å²) >= 11 is 6.03. The number of nitrogen functional groups attached to an aromatic ring is 1. The van der Waals surface area contributed by atoms with Gasteiger partial charge in [0.15, 0.2) is 0 Å². The van der Waals surface area contributed by atoms with Gasteiger partial charge < -0.3 is 11.1 Å². The highest BCUT2D eigenvalue weighted by Gasteiger charge is 2.31. The number of likely N-dealkylation sites (tertiary alicyclic amines) is 1. The lowest BCUT2D eigenvalue weighted by Crippen LogP contribution is -2.33. The van der Waals surface area contributed by atoms with E-state index in [9.17, 15) is 4.79 Å². The molecular weight excluding hydrogens is 388 g/mol. The molecule has 1 aliphatic rings. The van der Waals surface area contributed by atoms with E-state index in [0.717, 1.165) is 36.2 Å². The molecule has 3 aromatic rings. The molecule has 7 nitrogen and oxygen atoms in total. The van der Waals surface area contributed by atoms with E-state index >= 15 is 0 Å². The molecule has 8 heteroatoms. The van der Waals surface area contributed by atoms with Crippen LogP contribution in [0.3, 0.4) is 0 Å². The van der Waals surface area contributed by atoms with Crippen LogP contribution in [0.25, 0.3) is 11.1 Å². The van der Waals surface area contributed by atoms with Gasteiger partial charge in [0.25, 0.3) is 0 Å². The summed E-state index contributed by atoms with van der Waals surface area (Å²) < 4.78 is 0. The number of hydrogen-bond donors (Lipinski definition) is 2. The lowest BCUT2D eigenvalue weighted by Gasteiger charge is -2.25. The molecule has 2 aromatic heterocycles. The first-order valence-electron chi connectivity index (χ1n) is 9.43. The van der Waals surface area contributed by atoms with Crippen LogP contribution in [0, 0.1) is 0 Å². The van der Waals surface area contributed by atoms with Crippen LogP contribution in [0.2, 0.25) is 5.02 Å². The van der Waals surface area contributed by atoms with Crippen molar-refractivity contribution in [1.29, 1.82) is 0 Å². The predicted molar refractivity (Wildman–Crippen MR) is 113 cm³/mol. The Morgan fingerprint density at radius 1 is 1.21 bits per heavy atom. The molecule has 1 atom stereocenters. The first-order valence-corrected chi connectivity index (χ1v) is 9.81. The minimum absolute atomic E-state index is 0.0135. The Morgan fingerprint density at radius 3 is 2.79 bits per heavy atom. The minimum atomic E-state index is -0.106. The maximum absolute atomic E-state index is 12.5. The first-order chi connectivity index (χ1) is 14.1. The zero-order valence-corrected chi connectivity index (χ0v) is 16.5. The summed E-state index contributed by atoms with van der Waals surface area (Å²) in [5.41, 5.74) is 8.60. The number of amides is 1. The number of anilines is 2. The fourth-order valence-electron chi connectivity index (χ4n) is 3.64. The third-order valence-corrected chi connectivity index (χ3v) is 5.20. The van der Waals surface area contributed by atoms with Gasteiger partial charge in [0.1, 0.15) is 5.82 Å². The summed E-state index contributed by atoms with van der Waals surface area (Å²) in [6.45, 7) is 1.06. The van der Waals surface area contributed by atoms with E-state index in [1.165, 1.54) is 0 Å². The van der Waals surface area contributed by atoms with Crippen LogP contribution in [0.1, 0.15) is 24.6 Å². The van der Waals surface area contributed by atoms with Crippen LogP contribution < -0.4 is 11.1 Å². The molecule has 0 unspecified atom stereocenters. The Kier molecular flexibility index (Phi) is 5.69. The fraction of sp³-hybridized carbons (Fsp3) is 0.238. The number of benzene rings is 1. The van der Waals surface area contributed by atoms with Gasteiger partial charge in [0.05, 0.1) is 18.3 Å². The summed E-state index contributed by atoms with van der Waals surface area (Å²) in [4.78, 5) is 27.5. The van der Waals surface area contributed by atoms with E-state index in [2.05, 4.69) is 25.2 Å². The van der Waals surface area contributed by atoms with Crippen molar-refractivity contribution in [3.63, 3.8) is 0 Å². The topological polar surface area (TPSA) is 97.0 Å². The Bertz CT molecular complexity index is 996. The molecule has 0 bridgehead atoms. The second-order valence-corrected chi connectivity index (χ2v) is 7.36. The molecule has 29 heavy (non-hydrogen) atoms. The van der Waals surface area contributed by atoms with Crippen LogP contribution in [0.15, 0.2) is 54.9 Å². The number of aromatic nitrogens is 3. The lowest BCUT2D eigenvalue weighted by atomic mass is 10.00. The number of nitrogens with one attached hydrogen (secondary N) is 1. The van der Waals surface area contributed by atoms with E-state index in [-0.39, 0.29) is 24.4 Å². The number of rotatable bonds is 5. The van der Waals surface area contributed by atoms with Gasteiger partial charge in [0.2, 0.25) is 11.9 Å². The Balaban J connectivity index is 1.57. The van der Waals surface area contributed by atoms with Crippen LogP contribution in [0.5, 0.6) is 0 Å². The van der Waals surface area contributed by atoms with E-state index in [4.69, 9.17) is 17.3 Å². The molecular formula is C21H21ClN6O. The van der Waals surface area contributed by atoms with Crippen molar-refractivity contribution in [3.05, 3.63) is 65.6 Å². The SMILES string of the molecule is Nc1ncc(-c2ccc(Cl)cc2)c([C@@H]2CCCN2CC(=O)Nc2ccccn2)n1. The molecule has 0 aliphatic carbocycles. The molecule has 3 N–H and O–H groups in total. The van der Waals surface area contributed by atoms with Crippen LogP contribution in [-0.2, 0) is 4.79 Å². The average Bonchev–Trinajstić information content (AvgIpc) is 3.17. The summed E-state index contributed by atoms with van der Waals surface area (Å²) in [6.07, 6.45) is 5.26. The number of halogens is 1. The second-order valence-electron chi connectivity index (χ2n) is 6.93. The maximum atomic E-state index is 12.5. The molecule has 1 amide bonds. The zero-order chi connectivity index (χ0) is 20.2. The molecule has 4 rings (SSSR count). The molecule has 3 heterocycles. The fourth-order valence-corrected chi connectivity index (χ4v) is 3.77. The van der Waals surface area contributed by atoms with Gasteiger partial charge in [-0.05, 0) is 49.2 Å². The van der Waals surface area contributed by atoms with Crippen molar-refractivity contribution in [1.82, 2.24) is 19.9 Å². The molecule has 1 fully saturated rings. The third-order valence-electron chi connectivity index (χ3n) is 4.95. The average molecular weight is 409 g/mol. The van der Waals surface area contributed by atoms with Gasteiger partial charge in [0, 0.05) is 23.0 Å². The Morgan fingerprint density at radius 2 is 2.03 bits per heavy atom. The summed E-state index contributed by atoms with van der Waals surface area (Å²) in [7, 11) is 0. The van der Waals surface area contributed by atoms with E-state index in [0.29, 0.717) is 10.8 Å². The molecule has 1 aliphatic heterocycles. The third kappa shape index (κ3) is 4.52. The minimum Gasteiger partial charge on any atom is -0.368 e. The van der Waals surface area contributed by atoms with Crippen molar-refractivity contribution in [2.45, 2.75) is 18.9 Å². The van der Waals surface area contributed by atoms with Gasteiger partial charge in [-0.3, -0.25) is 9.69 Å². The van der Waals surface area contributed by atoms with E-state index in [1.54, 1.807) is 18.5 Å². The number of nitrogens with two attached hydrogens (primary N) is 1. The molecule has 1 aromatic carbocycles. The number of nitrogens with zero attached hydrogens (tertiary/aromatic N) is 4. The highest BCUT2D eigenvalue weighted by molar-refractivity contribution is 6.30. The largest absolute Gasteiger partial charge is 0.368 e. The monoisotopic (exact) mass is 408 g/mol. The smallest absolute Gasteiger partial charge is 0.239 e. The van der Waals surface area contributed by atoms with Gasteiger partial charge in [-0.1, -0.05) is 29.8 Å². The molecule has 148 valence electrons. The molecule has 0 spiro atoms. The molecule has 0 radical (unpaired) electrons.